The van der Waals surface area contributed by atoms with Gasteiger partial charge in [0.05, 0.1) is 11.0 Å². The first-order valence-corrected chi connectivity index (χ1v) is 10.8. The van der Waals surface area contributed by atoms with Crippen LogP contribution in [0.4, 0.5) is 0 Å². The van der Waals surface area contributed by atoms with Crippen LogP contribution in [0.5, 0.6) is 11.5 Å². The van der Waals surface area contributed by atoms with Gasteiger partial charge in [0.25, 0.3) is 5.91 Å². The smallest absolute Gasteiger partial charge is 0.251 e. The minimum absolute atomic E-state index is 0.0615. The molecule has 0 aliphatic carbocycles. The van der Waals surface area contributed by atoms with Crippen molar-refractivity contribution in [3.63, 3.8) is 0 Å². The SMILES string of the molecule is Cc1nc2ccc(C(=O)N[C@H](C)C3CCN(Cc4ccc(O)c(C)c4O)CC3)cc2[nH]1. The monoisotopic (exact) mass is 422 g/mol. The van der Waals surface area contributed by atoms with E-state index in [0.717, 1.165) is 48.4 Å². The number of amides is 1. The minimum atomic E-state index is -0.0615. The second-order valence-electron chi connectivity index (χ2n) is 8.65. The highest BCUT2D eigenvalue weighted by Gasteiger charge is 2.26. The number of nitrogens with one attached hydrogen (secondary N) is 2. The molecular weight excluding hydrogens is 392 g/mol. The molecule has 1 aromatic heterocycles. The molecule has 31 heavy (non-hydrogen) atoms. The van der Waals surface area contributed by atoms with Crippen molar-refractivity contribution in [3.05, 3.63) is 52.8 Å². The number of fused-ring (bicyclic) bond motifs is 1. The normalized spacial score (nSPS) is 16.5. The van der Waals surface area contributed by atoms with Gasteiger partial charge in [-0.05, 0) is 76.9 Å². The van der Waals surface area contributed by atoms with E-state index >= 15 is 0 Å². The van der Waals surface area contributed by atoms with Crippen molar-refractivity contribution < 1.29 is 15.0 Å². The van der Waals surface area contributed by atoms with Crippen LogP contribution in [0.1, 0.15) is 47.1 Å². The van der Waals surface area contributed by atoms with E-state index in [1.165, 1.54) is 0 Å². The molecule has 1 fully saturated rings. The topological polar surface area (TPSA) is 101 Å². The number of benzene rings is 2. The van der Waals surface area contributed by atoms with Gasteiger partial charge in [-0.2, -0.15) is 0 Å². The van der Waals surface area contributed by atoms with Gasteiger partial charge in [-0.25, -0.2) is 4.98 Å². The summed E-state index contributed by atoms with van der Waals surface area (Å²) in [6.07, 6.45) is 1.97. The van der Waals surface area contributed by atoms with Crippen LogP contribution in [-0.4, -0.2) is 50.1 Å². The van der Waals surface area contributed by atoms with Crippen LogP contribution in [0.25, 0.3) is 11.0 Å². The van der Waals surface area contributed by atoms with Crippen molar-refractivity contribution in [1.82, 2.24) is 20.2 Å². The molecule has 0 saturated carbocycles. The predicted octanol–water partition coefficient (Wildman–Crippen LogP) is 3.62. The molecule has 0 spiro atoms. The molecule has 1 saturated heterocycles. The maximum Gasteiger partial charge on any atom is 0.251 e. The highest BCUT2D eigenvalue weighted by molar-refractivity contribution is 5.97. The number of imidazole rings is 1. The first-order valence-electron chi connectivity index (χ1n) is 10.8. The van der Waals surface area contributed by atoms with E-state index in [-0.39, 0.29) is 23.4 Å². The predicted molar refractivity (Wildman–Crippen MR) is 120 cm³/mol. The first kappa shape index (κ1) is 21.2. The lowest BCUT2D eigenvalue weighted by molar-refractivity contribution is 0.0900. The largest absolute Gasteiger partial charge is 0.508 e. The number of aromatic amines is 1. The van der Waals surface area contributed by atoms with Crippen LogP contribution in [-0.2, 0) is 6.54 Å². The lowest BCUT2D eigenvalue weighted by Gasteiger charge is -2.35. The average molecular weight is 423 g/mol. The van der Waals surface area contributed by atoms with Gasteiger partial charge >= 0.3 is 0 Å². The summed E-state index contributed by atoms with van der Waals surface area (Å²) in [6.45, 7) is 8.16. The number of likely N-dealkylation sites (tertiary alicyclic amines) is 1. The van der Waals surface area contributed by atoms with Crippen LogP contribution >= 0.6 is 0 Å². The van der Waals surface area contributed by atoms with Crippen LogP contribution in [0.2, 0.25) is 0 Å². The Labute approximate surface area is 182 Å². The van der Waals surface area contributed by atoms with Gasteiger partial charge in [0.15, 0.2) is 0 Å². The lowest BCUT2D eigenvalue weighted by atomic mass is 9.90. The molecule has 1 atom stereocenters. The molecule has 4 rings (SSSR count). The molecule has 4 N–H and O–H groups in total. The summed E-state index contributed by atoms with van der Waals surface area (Å²) in [7, 11) is 0. The van der Waals surface area contributed by atoms with Crippen molar-refractivity contribution in [1.29, 1.82) is 0 Å². The van der Waals surface area contributed by atoms with Gasteiger partial charge in [-0.15, -0.1) is 0 Å². The van der Waals surface area contributed by atoms with Gasteiger partial charge < -0.3 is 20.5 Å². The number of carbonyl (C=O) groups excluding carboxylic acids is 1. The van der Waals surface area contributed by atoms with E-state index < -0.39 is 0 Å². The first-order chi connectivity index (χ1) is 14.8. The number of hydrogen-bond acceptors (Lipinski definition) is 5. The quantitative estimate of drug-likeness (QED) is 0.503. The highest BCUT2D eigenvalue weighted by atomic mass is 16.3. The summed E-state index contributed by atoms with van der Waals surface area (Å²) in [5, 5.41) is 23.2. The van der Waals surface area contributed by atoms with Gasteiger partial charge in [-0.1, -0.05) is 6.07 Å². The van der Waals surface area contributed by atoms with E-state index in [4.69, 9.17) is 0 Å². The Kier molecular flexibility index (Phi) is 5.87. The van der Waals surface area contributed by atoms with Crippen LogP contribution in [0, 0.1) is 19.8 Å². The lowest BCUT2D eigenvalue weighted by Crippen LogP contribution is -2.43. The number of aromatic hydroxyl groups is 2. The molecule has 0 bridgehead atoms. The molecule has 1 aliphatic rings. The minimum Gasteiger partial charge on any atom is -0.508 e. The van der Waals surface area contributed by atoms with Gasteiger partial charge in [-0.3, -0.25) is 9.69 Å². The van der Waals surface area contributed by atoms with E-state index in [9.17, 15) is 15.0 Å². The van der Waals surface area contributed by atoms with Crippen LogP contribution < -0.4 is 5.32 Å². The van der Waals surface area contributed by atoms with Crippen molar-refractivity contribution in [2.45, 2.75) is 46.2 Å². The standard InChI is InChI=1S/C24H30N4O3/c1-14-22(29)7-5-19(23(14)30)13-28-10-8-17(9-11-28)15(2)25-24(31)18-4-6-20-21(12-18)27-16(3)26-20/h4-7,12,15,17,29-30H,8-11,13H2,1-3H3,(H,25,31)(H,26,27)/t15-/m1/s1. The van der Waals surface area contributed by atoms with Crippen molar-refractivity contribution >= 4 is 16.9 Å². The Morgan fingerprint density at radius 2 is 1.97 bits per heavy atom. The van der Waals surface area contributed by atoms with E-state index in [1.807, 2.05) is 25.1 Å². The number of carbonyl (C=O) groups is 1. The molecule has 7 nitrogen and oxygen atoms in total. The Morgan fingerprint density at radius 3 is 2.71 bits per heavy atom. The van der Waals surface area contributed by atoms with Crippen LogP contribution in [0.3, 0.4) is 0 Å². The number of H-pyrrole nitrogens is 1. The number of phenols is 2. The van der Waals surface area contributed by atoms with Gasteiger partial charge in [0, 0.05) is 29.3 Å². The van der Waals surface area contributed by atoms with Crippen molar-refractivity contribution in [2.75, 3.05) is 13.1 Å². The van der Waals surface area contributed by atoms with Gasteiger partial charge in [0.2, 0.25) is 0 Å². The molecule has 0 radical (unpaired) electrons. The van der Waals surface area contributed by atoms with E-state index in [1.54, 1.807) is 19.1 Å². The number of rotatable bonds is 5. The summed E-state index contributed by atoms with van der Waals surface area (Å²) < 4.78 is 0. The number of nitrogens with zero attached hydrogens (tertiary/aromatic N) is 2. The fourth-order valence-corrected chi connectivity index (χ4v) is 4.41. The highest BCUT2D eigenvalue weighted by Crippen LogP contribution is 2.31. The molecule has 164 valence electrons. The molecule has 1 amide bonds. The summed E-state index contributed by atoms with van der Waals surface area (Å²) >= 11 is 0. The summed E-state index contributed by atoms with van der Waals surface area (Å²) in [5.41, 5.74) is 3.73. The third kappa shape index (κ3) is 4.51. The maximum absolute atomic E-state index is 12.7. The van der Waals surface area contributed by atoms with Crippen LogP contribution in [0.15, 0.2) is 30.3 Å². The molecule has 1 aliphatic heterocycles. The zero-order valence-electron chi connectivity index (χ0n) is 18.3. The fourth-order valence-electron chi connectivity index (χ4n) is 4.41. The second kappa shape index (κ2) is 8.59. The zero-order chi connectivity index (χ0) is 22.1. The third-order valence-corrected chi connectivity index (χ3v) is 6.44. The number of aromatic nitrogens is 2. The Hall–Kier alpha value is -3.06. The van der Waals surface area contributed by atoms with E-state index in [0.29, 0.717) is 23.6 Å². The average Bonchev–Trinajstić information content (AvgIpc) is 3.13. The number of aryl methyl sites for hydroxylation is 1. The number of hydrogen-bond donors (Lipinski definition) is 4. The fraction of sp³-hybridized carbons (Fsp3) is 0.417. The van der Waals surface area contributed by atoms with E-state index in [2.05, 4.69) is 27.1 Å². The molecule has 3 aromatic rings. The van der Waals surface area contributed by atoms with Crippen molar-refractivity contribution in [3.8, 4) is 11.5 Å². The molecule has 2 aromatic carbocycles. The molecular formula is C24H30N4O3. The summed E-state index contributed by atoms with van der Waals surface area (Å²) in [4.78, 5) is 22.6. The number of phenolic OH excluding ortho intramolecular Hbond substituents is 2. The molecule has 0 unspecified atom stereocenters. The zero-order valence-corrected chi connectivity index (χ0v) is 18.3. The number of piperidine rings is 1. The third-order valence-electron chi connectivity index (χ3n) is 6.44. The Bertz CT molecular complexity index is 1100. The molecule has 2 heterocycles. The maximum atomic E-state index is 12.7. The molecule has 7 heteroatoms. The summed E-state index contributed by atoms with van der Waals surface area (Å²) in [5.74, 6) is 1.48. The second-order valence-corrected chi connectivity index (χ2v) is 8.65. The summed E-state index contributed by atoms with van der Waals surface area (Å²) in [6, 6.07) is 9.04. The van der Waals surface area contributed by atoms with Crippen molar-refractivity contribution in [2.24, 2.45) is 5.92 Å². The Morgan fingerprint density at radius 1 is 1.23 bits per heavy atom. The Balaban J connectivity index is 1.32. The van der Waals surface area contributed by atoms with Gasteiger partial charge in [0.1, 0.15) is 17.3 Å².